The monoisotopic (exact) mass is 382 g/mol. The predicted molar refractivity (Wildman–Crippen MR) is 114 cm³/mol. The summed E-state index contributed by atoms with van der Waals surface area (Å²) in [6.45, 7) is 11.9. The molecule has 0 saturated carbocycles. The van der Waals surface area contributed by atoms with Gasteiger partial charge in [0.15, 0.2) is 0 Å². The topological polar surface area (TPSA) is 24.9 Å². The van der Waals surface area contributed by atoms with Crippen LogP contribution in [0.15, 0.2) is 0 Å². The van der Waals surface area contributed by atoms with Gasteiger partial charge in [0.05, 0.1) is 0 Å². The highest BCUT2D eigenvalue weighted by molar-refractivity contribution is 4.94. The van der Waals surface area contributed by atoms with Crippen LogP contribution < -0.4 is 0 Å². The average Bonchev–Trinajstić information content (AvgIpc) is 2.67. The summed E-state index contributed by atoms with van der Waals surface area (Å²) in [6.07, 6.45) is 11.8. The van der Waals surface area contributed by atoms with Crippen LogP contribution in [0.2, 0.25) is 0 Å². The molecule has 4 atom stereocenters. The van der Waals surface area contributed by atoms with Gasteiger partial charge in [-0.3, -0.25) is 9.80 Å². The van der Waals surface area contributed by atoms with Crippen LogP contribution >= 0.6 is 0 Å². The van der Waals surface area contributed by atoms with Crippen molar-refractivity contribution in [1.29, 1.82) is 0 Å². The molecule has 0 aromatic rings. The zero-order valence-corrected chi connectivity index (χ0v) is 18.6. The molecule has 2 unspecified atom stereocenters. The molecular weight excluding hydrogens is 336 g/mol. The summed E-state index contributed by atoms with van der Waals surface area (Å²) in [4.78, 5) is 5.70. The first-order chi connectivity index (χ1) is 13.2. The van der Waals surface area contributed by atoms with E-state index in [1.165, 1.54) is 84.0 Å². The third-order valence-corrected chi connectivity index (χ3v) is 6.83. The van der Waals surface area contributed by atoms with E-state index in [0.29, 0.717) is 0 Å². The van der Waals surface area contributed by atoms with E-state index in [2.05, 4.69) is 23.6 Å². The van der Waals surface area contributed by atoms with Gasteiger partial charge >= 0.3 is 0 Å². The molecule has 0 N–H and O–H groups in total. The lowest BCUT2D eigenvalue weighted by atomic mass is 9.81. The first-order valence-corrected chi connectivity index (χ1v) is 11.6. The molecule has 0 aliphatic carbocycles. The van der Waals surface area contributed by atoms with Crippen LogP contribution in [0.4, 0.5) is 0 Å². The SMILES string of the molecule is COCCCCCN1CC[C@H](C)CC1C1C[C@H](C)CCN1CCCCOC. The predicted octanol–water partition coefficient (Wildman–Crippen LogP) is 4.43. The number of hydrogen-bond acceptors (Lipinski definition) is 4. The third kappa shape index (κ3) is 8.00. The van der Waals surface area contributed by atoms with Gasteiger partial charge in [-0.05, 0) is 95.8 Å². The maximum absolute atomic E-state index is 5.26. The highest BCUT2D eigenvalue weighted by Gasteiger charge is 2.37. The van der Waals surface area contributed by atoms with Crippen molar-refractivity contribution >= 4 is 0 Å². The Hall–Kier alpha value is -0.160. The fourth-order valence-corrected chi connectivity index (χ4v) is 5.12. The molecule has 0 aromatic heterocycles. The highest BCUT2D eigenvalue weighted by Crippen LogP contribution is 2.33. The summed E-state index contributed by atoms with van der Waals surface area (Å²) in [6, 6.07) is 1.53. The van der Waals surface area contributed by atoms with Crippen LogP contribution in [0.5, 0.6) is 0 Å². The highest BCUT2D eigenvalue weighted by atomic mass is 16.5. The number of methoxy groups -OCH3 is 2. The summed E-state index contributed by atoms with van der Waals surface area (Å²) in [5.41, 5.74) is 0. The molecule has 0 radical (unpaired) electrons. The molecule has 2 aliphatic rings. The van der Waals surface area contributed by atoms with Gasteiger partial charge in [-0.25, -0.2) is 0 Å². The van der Waals surface area contributed by atoms with Crippen molar-refractivity contribution in [2.45, 2.75) is 83.7 Å². The van der Waals surface area contributed by atoms with Crippen molar-refractivity contribution in [3.05, 3.63) is 0 Å². The number of piperidine rings is 2. The van der Waals surface area contributed by atoms with E-state index in [4.69, 9.17) is 9.47 Å². The van der Waals surface area contributed by atoms with Crippen LogP contribution in [0.25, 0.3) is 0 Å². The summed E-state index contributed by atoms with van der Waals surface area (Å²) >= 11 is 0. The number of likely N-dealkylation sites (tertiary alicyclic amines) is 2. The number of unbranched alkanes of at least 4 members (excludes halogenated alkanes) is 3. The first kappa shape index (κ1) is 23.1. The second-order valence-electron chi connectivity index (χ2n) is 9.22. The average molecular weight is 383 g/mol. The molecule has 160 valence electrons. The Kier molecular flexibility index (Phi) is 11.2. The molecule has 0 spiro atoms. The fourth-order valence-electron chi connectivity index (χ4n) is 5.12. The van der Waals surface area contributed by atoms with Gasteiger partial charge in [0.25, 0.3) is 0 Å². The Balaban J connectivity index is 1.93. The molecule has 2 aliphatic heterocycles. The lowest BCUT2D eigenvalue weighted by Gasteiger charge is -2.49. The van der Waals surface area contributed by atoms with E-state index in [9.17, 15) is 0 Å². The molecule has 0 bridgehead atoms. The molecule has 2 fully saturated rings. The molecule has 2 rings (SSSR count). The largest absolute Gasteiger partial charge is 0.385 e. The summed E-state index contributed by atoms with van der Waals surface area (Å²) in [5.74, 6) is 1.76. The Morgan fingerprint density at radius 3 is 1.59 bits per heavy atom. The van der Waals surface area contributed by atoms with Gasteiger partial charge in [-0.2, -0.15) is 0 Å². The second kappa shape index (κ2) is 13.1. The summed E-state index contributed by atoms with van der Waals surface area (Å²) < 4.78 is 10.5. The minimum absolute atomic E-state index is 0.762. The summed E-state index contributed by atoms with van der Waals surface area (Å²) in [5, 5.41) is 0. The molecule has 4 nitrogen and oxygen atoms in total. The van der Waals surface area contributed by atoms with E-state index < -0.39 is 0 Å². The third-order valence-electron chi connectivity index (χ3n) is 6.83. The minimum Gasteiger partial charge on any atom is -0.385 e. The van der Waals surface area contributed by atoms with E-state index in [0.717, 1.165) is 37.1 Å². The van der Waals surface area contributed by atoms with Crippen molar-refractivity contribution in [2.24, 2.45) is 11.8 Å². The van der Waals surface area contributed by atoms with Crippen molar-refractivity contribution in [3.8, 4) is 0 Å². The van der Waals surface area contributed by atoms with Crippen molar-refractivity contribution in [2.75, 3.05) is 53.6 Å². The van der Waals surface area contributed by atoms with Gasteiger partial charge in [0.2, 0.25) is 0 Å². The number of rotatable bonds is 12. The van der Waals surface area contributed by atoms with Crippen molar-refractivity contribution < 1.29 is 9.47 Å². The quantitative estimate of drug-likeness (QED) is 0.466. The molecule has 2 saturated heterocycles. The van der Waals surface area contributed by atoms with E-state index in [1.807, 2.05) is 14.2 Å². The Labute approximate surface area is 169 Å². The standard InChI is InChI=1S/C23H46N2O2/c1-20-10-14-24(12-6-5-8-16-26-3)22(18-20)23-19-21(2)11-15-25(23)13-7-9-17-27-4/h20-23H,5-19H2,1-4H3/t20-,21+,22?,23?/m0/s1. The van der Waals surface area contributed by atoms with E-state index in [1.54, 1.807) is 0 Å². The lowest BCUT2D eigenvalue weighted by Crippen LogP contribution is -2.57. The maximum atomic E-state index is 5.26. The Morgan fingerprint density at radius 1 is 0.667 bits per heavy atom. The molecule has 2 heterocycles. The normalized spacial score (nSPS) is 30.7. The van der Waals surface area contributed by atoms with Crippen LogP contribution in [0.3, 0.4) is 0 Å². The van der Waals surface area contributed by atoms with E-state index in [-0.39, 0.29) is 0 Å². The van der Waals surface area contributed by atoms with Crippen molar-refractivity contribution in [3.63, 3.8) is 0 Å². The van der Waals surface area contributed by atoms with Crippen LogP contribution in [-0.2, 0) is 9.47 Å². The molecule has 0 amide bonds. The Morgan fingerprint density at radius 2 is 1.11 bits per heavy atom. The minimum atomic E-state index is 0.762. The van der Waals surface area contributed by atoms with Crippen LogP contribution in [0.1, 0.15) is 71.6 Å². The van der Waals surface area contributed by atoms with Gasteiger partial charge in [-0.15, -0.1) is 0 Å². The molecule has 4 heteroatoms. The lowest BCUT2D eigenvalue weighted by molar-refractivity contribution is 0.00352. The van der Waals surface area contributed by atoms with Gasteiger partial charge in [0.1, 0.15) is 0 Å². The number of ether oxygens (including phenoxy) is 2. The Bertz CT molecular complexity index is 379. The van der Waals surface area contributed by atoms with Crippen LogP contribution in [0, 0.1) is 11.8 Å². The molecular formula is C23H46N2O2. The van der Waals surface area contributed by atoms with Gasteiger partial charge in [-0.1, -0.05) is 13.8 Å². The first-order valence-electron chi connectivity index (χ1n) is 11.6. The molecule has 27 heavy (non-hydrogen) atoms. The number of nitrogens with zero attached hydrogens (tertiary/aromatic N) is 2. The maximum Gasteiger partial charge on any atom is 0.0462 e. The van der Waals surface area contributed by atoms with Crippen LogP contribution in [-0.4, -0.2) is 75.5 Å². The summed E-state index contributed by atoms with van der Waals surface area (Å²) in [7, 11) is 3.63. The molecule has 0 aromatic carbocycles. The van der Waals surface area contributed by atoms with Crippen molar-refractivity contribution in [1.82, 2.24) is 9.80 Å². The van der Waals surface area contributed by atoms with Gasteiger partial charge in [0, 0.05) is 39.5 Å². The van der Waals surface area contributed by atoms with E-state index >= 15 is 0 Å². The van der Waals surface area contributed by atoms with Gasteiger partial charge < -0.3 is 9.47 Å². The second-order valence-corrected chi connectivity index (χ2v) is 9.22. The zero-order chi connectivity index (χ0) is 19.5. The fraction of sp³-hybridized carbons (Fsp3) is 1.00. The zero-order valence-electron chi connectivity index (χ0n) is 18.6. The number of hydrogen-bond donors (Lipinski definition) is 0. The smallest absolute Gasteiger partial charge is 0.0462 e.